The van der Waals surface area contributed by atoms with Gasteiger partial charge in [-0.1, -0.05) is 12.1 Å². The molecule has 4 rings (SSSR count). The summed E-state index contributed by atoms with van der Waals surface area (Å²) in [6.45, 7) is 2.01. The summed E-state index contributed by atoms with van der Waals surface area (Å²) in [4.78, 5) is 30.7. The molecule has 1 fully saturated rings. The predicted octanol–water partition coefficient (Wildman–Crippen LogP) is 3.77. The maximum atomic E-state index is 14.0. The molecule has 1 aromatic heterocycles. The van der Waals surface area contributed by atoms with Gasteiger partial charge in [-0.2, -0.15) is 0 Å². The number of ether oxygens (including phenoxy) is 1. The van der Waals surface area contributed by atoms with Crippen LogP contribution in [0.2, 0.25) is 0 Å². The van der Waals surface area contributed by atoms with E-state index in [1.165, 1.54) is 19.2 Å². The third-order valence-corrected chi connectivity index (χ3v) is 5.50. The van der Waals surface area contributed by atoms with E-state index in [0.29, 0.717) is 24.0 Å². The number of pyridine rings is 1. The number of rotatable bonds is 5. The third-order valence-electron chi connectivity index (χ3n) is 5.50. The van der Waals surface area contributed by atoms with Crippen LogP contribution in [0.25, 0.3) is 10.9 Å². The van der Waals surface area contributed by atoms with E-state index >= 15 is 0 Å². The Bertz CT molecular complexity index is 1110. The second-order valence-corrected chi connectivity index (χ2v) is 7.49. The lowest BCUT2D eigenvalue weighted by atomic mass is 9.90. The van der Waals surface area contributed by atoms with Crippen LogP contribution in [0.3, 0.4) is 0 Å². The summed E-state index contributed by atoms with van der Waals surface area (Å²) in [5.74, 6) is -0.640. The maximum absolute atomic E-state index is 14.0. The van der Waals surface area contributed by atoms with Gasteiger partial charge in [-0.15, -0.1) is 0 Å². The normalized spacial score (nSPS) is 17.4. The number of aromatic nitrogens is 1. The Balaban J connectivity index is 1.49. The smallest absolute Gasteiger partial charge is 0.189 e. The number of fused-ring (bicyclic) bond motifs is 1. The zero-order valence-corrected chi connectivity index (χ0v) is 16.3. The molecule has 29 heavy (non-hydrogen) atoms. The number of carbonyl (C=O) groups is 1. The van der Waals surface area contributed by atoms with Gasteiger partial charge >= 0.3 is 0 Å². The fourth-order valence-corrected chi connectivity index (χ4v) is 4.05. The first-order valence-electron chi connectivity index (χ1n) is 9.76. The Hall–Kier alpha value is -2.99. The van der Waals surface area contributed by atoms with Crippen molar-refractivity contribution in [2.24, 2.45) is 5.92 Å². The monoisotopic (exact) mass is 394 g/mol. The zero-order chi connectivity index (χ0) is 20.4. The molecule has 0 aliphatic carbocycles. The van der Waals surface area contributed by atoms with Gasteiger partial charge in [0.2, 0.25) is 0 Å². The summed E-state index contributed by atoms with van der Waals surface area (Å²) in [5.41, 5.74) is 2.01. The number of likely N-dealkylation sites (tertiary alicyclic amines) is 1. The van der Waals surface area contributed by atoms with Crippen molar-refractivity contribution in [3.05, 3.63) is 75.8 Å². The van der Waals surface area contributed by atoms with Gasteiger partial charge in [0.15, 0.2) is 22.8 Å². The predicted molar refractivity (Wildman–Crippen MR) is 110 cm³/mol. The SMILES string of the molecule is COc1ccc(C(=O)C2CCCN(Cc3cc(=O)c4ccccc4[nH]3)C2)cc1F. The number of halogens is 1. The Kier molecular flexibility index (Phi) is 5.45. The van der Waals surface area contributed by atoms with Gasteiger partial charge < -0.3 is 9.72 Å². The summed E-state index contributed by atoms with van der Waals surface area (Å²) in [7, 11) is 1.40. The second-order valence-electron chi connectivity index (χ2n) is 7.49. The zero-order valence-electron chi connectivity index (χ0n) is 16.3. The van der Waals surface area contributed by atoms with E-state index in [0.717, 1.165) is 30.6 Å². The quantitative estimate of drug-likeness (QED) is 0.669. The highest BCUT2D eigenvalue weighted by atomic mass is 19.1. The molecule has 150 valence electrons. The van der Waals surface area contributed by atoms with Gasteiger partial charge in [0.25, 0.3) is 0 Å². The number of hydrogen-bond donors (Lipinski definition) is 1. The van der Waals surface area contributed by atoms with Crippen LogP contribution in [0.1, 0.15) is 28.9 Å². The van der Waals surface area contributed by atoms with Gasteiger partial charge in [0.05, 0.1) is 7.11 Å². The Labute approximate surface area is 168 Å². The van der Waals surface area contributed by atoms with Gasteiger partial charge in [0, 0.05) is 47.2 Å². The van der Waals surface area contributed by atoms with Crippen LogP contribution in [-0.2, 0) is 6.54 Å². The summed E-state index contributed by atoms with van der Waals surface area (Å²) in [5, 5.41) is 0.671. The highest BCUT2D eigenvalue weighted by Gasteiger charge is 2.27. The average Bonchev–Trinajstić information content (AvgIpc) is 2.73. The number of para-hydroxylation sites is 1. The Morgan fingerprint density at radius 1 is 1.24 bits per heavy atom. The molecule has 1 N–H and O–H groups in total. The number of H-pyrrole nitrogens is 1. The van der Waals surface area contributed by atoms with Crippen LogP contribution in [-0.4, -0.2) is 35.9 Å². The van der Waals surface area contributed by atoms with Crippen molar-refractivity contribution in [1.82, 2.24) is 9.88 Å². The molecule has 2 aromatic carbocycles. The molecule has 1 aliphatic rings. The van der Waals surface area contributed by atoms with Crippen LogP contribution in [0, 0.1) is 11.7 Å². The lowest BCUT2D eigenvalue weighted by molar-refractivity contribution is 0.0809. The van der Waals surface area contributed by atoms with Crippen LogP contribution in [0.15, 0.2) is 53.3 Å². The molecule has 3 aromatic rings. The minimum atomic E-state index is -0.528. The van der Waals surface area contributed by atoms with Crippen molar-refractivity contribution in [2.75, 3.05) is 20.2 Å². The molecule has 1 atom stereocenters. The number of nitrogens with one attached hydrogen (secondary N) is 1. The summed E-state index contributed by atoms with van der Waals surface area (Å²) in [6.07, 6.45) is 1.66. The number of aromatic amines is 1. The molecule has 2 heterocycles. The number of benzene rings is 2. The largest absolute Gasteiger partial charge is 0.494 e. The van der Waals surface area contributed by atoms with E-state index in [2.05, 4.69) is 9.88 Å². The summed E-state index contributed by atoms with van der Waals surface area (Å²) < 4.78 is 18.9. The molecule has 0 radical (unpaired) electrons. The van der Waals surface area contributed by atoms with Gasteiger partial charge in [-0.25, -0.2) is 4.39 Å². The van der Waals surface area contributed by atoms with Gasteiger partial charge in [-0.05, 0) is 49.7 Å². The van der Waals surface area contributed by atoms with Crippen molar-refractivity contribution >= 4 is 16.7 Å². The van der Waals surface area contributed by atoms with Crippen LogP contribution >= 0.6 is 0 Å². The number of hydrogen-bond acceptors (Lipinski definition) is 4. The third kappa shape index (κ3) is 4.07. The van der Waals surface area contributed by atoms with E-state index in [4.69, 9.17) is 4.74 Å². The van der Waals surface area contributed by atoms with Crippen LogP contribution in [0.5, 0.6) is 5.75 Å². The highest BCUT2D eigenvalue weighted by Crippen LogP contribution is 2.25. The van der Waals surface area contributed by atoms with Crippen LogP contribution < -0.4 is 10.2 Å². The van der Waals surface area contributed by atoms with E-state index in [1.807, 2.05) is 24.3 Å². The Morgan fingerprint density at radius 2 is 2.07 bits per heavy atom. The second kappa shape index (κ2) is 8.17. The van der Waals surface area contributed by atoms with Crippen molar-refractivity contribution in [3.8, 4) is 5.75 Å². The van der Waals surface area contributed by atoms with E-state index in [9.17, 15) is 14.0 Å². The van der Waals surface area contributed by atoms with Gasteiger partial charge in [0.1, 0.15) is 0 Å². The van der Waals surface area contributed by atoms with Crippen molar-refractivity contribution in [2.45, 2.75) is 19.4 Å². The lowest BCUT2D eigenvalue weighted by Crippen LogP contribution is -2.38. The molecule has 1 unspecified atom stereocenters. The van der Waals surface area contributed by atoms with Crippen LogP contribution in [0.4, 0.5) is 4.39 Å². The molecular formula is C23H23FN2O3. The number of nitrogens with zero attached hydrogens (tertiary/aromatic N) is 1. The molecule has 1 saturated heterocycles. The fraction of sp³-hybridized carbons (Fsp3) is 0.304. The first-order chi connectivity index (χ1) is 14.0. The highest BCUT2D eigenvalue weighted by molar-refractivity contribution is 5.98. The van der Waals surface area contributed by atoms with Gasteiger partial charge in [-0.3, -0.25) is 14.5 Å². The van der Waals surface area contributed by atoms with E-state index in [1.54, 1.807) is 12.1 Å². The molecule has 0 spiro atoms. The van der Waals surface area contributed by atoms with E-state index in [-0.39, 0.29) is 22.9 Å². The van der Waals surface area contributed by atoms with Crippen molar-refractivity contribution in [1.29, 1.82) is 0 Å². The summed E-state index contributed by atoms with van der Waals surface area (Å²) >= 11 is 0. The maximum Gasteiger partial charge on any atom is 0.189 e. The molecule has 5 nitrogen and oxygen atoms in total. The lowest BCUT2D eigenvalue weighted by Gasteiger charge is -2.32. The van der Waals surface area contributed by atoms with Crippen molar-refractivity contribution in [3.63, 3.8) is 0 Å². The summed E-state index contributed by atoms with van der Waals surface area (Å²) in [6, 6.07) is 13.4. The van der Waals surface area contributed by atoms with E-state index < -0.39 is 5.82 Å². The first-order valence-corrected chi connectivity index (χ1v) is 9.76. The number of Topliss-reactive ketones (excluding diaryl/α,β-unsaturated/α-hetero) is 1. The number of methoxy groups -OCH3 is 1. The standard InChI is InChI=1S/C23H23FN2O3/c1-29-22-9-8-15(11-19(22)24)23(28)16-5-4-10-26(13-16)14-17-12-21(27)18-6-2-3-7-20(18)25-17/h2-3,6-9,11-12,16H,4-5,10,13-14H2,1H3,(H,25,27). The topological polar surface area (TPSA) is 62.4 Å². The minimum absolute atomic E-state index is 0.00676. The number of piperidine rings is 1. The molecular weight excluding hydrogens is 371 g/mol. The molecule has 6 heteroatoms. The van der Waals surface area contributed by atoms with Crippen molar-refractivity contribution < 1.29 is 13.9 Å². The average molecular weight is 394 g/mol. The molecule has 0 bridgehead atoms. The molecule has 1 aliphatic heterocycles. The minimum Gasteiger partial charge on any atom is -0.494 e. The number of ketones is 1. The molecule has 0 saturated carbocycles. The number of carbonyl (C=O) groups excluding carboxylic acids is 1. The molecule has 0 amide bonds. The Morgan fingerprint density at radius 3 is 2.86 bits per heavy atom. The fourth-order valence-electron chi connectivity index (χ4n) is 4.05. The first kappa shape index (κ1) is 19.3.